The van der Waals surface area contributed by atoms with Crippen LogP contribution in [0.5, 0.6) is 0 Å². The molecule has 0 spiro atoms. The molecule has 2 rings (SSSR count). The Labute approximate surface area is 115 Å². The largest absolute Gasteiger partial charge is 0.312 e. The molecule has 1 fully saturated rings. The van der Waals surface area contributed by atoms with Gasteiger partial charge in [-0.15, -0.1) is 11.3 Å². The molecule has 102 valence electrons. The Bertz CT molecular complexity index is 407. The summed E-state index contributed by atoms with van der Waals surface area (Å²) in [5.74, 6) is 1.25. The van der Waals surface area contributed by atoms with Crippen LogP contribution in [0.15, 0.2) is 0 Å². The molecule has 3 heteroatoms. The fourth-order valence-corrected chi connectivity index (χ4v) is 3.88. The van der Waals surface area contributed by atoms with Crippen molar-refractivity contribution in [1.29, 1.82) is 0 Å². The van der Waals surface area contributed by atoms with Gasteiger partial charge in [0.2, 0.25) is 0 Å². The Morgan fingerprint density at radius 3 is 2.61 bits per heavy atom. The molecule has 0 aromatic carbocycles. The Kier molecular flexibility index (Phi) is 4.12. The Morgan fingerprint density at radius 2 is 2.11 bits per heavy atom. The van der Waals surface area contributed by atoms with Gasteiger partial charge in [0.15, 0.2) is 0 Å². The predicted molar refractivity (Wildman–Crippen MR) is 79.3 cm³/mol. The predicted octanol–water partition coefficient (Wildman–Crippen LogP) is 4.28. The zero-order valence-electron chi connectivity index (χ0n) is 12.3. The first-order valence-electron chi connectivity index (χ1n) is 7.16. The number of hydrogen-bond donors (Lipinski definition) is 1. The molecule has 0 radical (unpaired) electrons. The molecule has 1 aromatic heterocycles. The van der Waals surface area contributed by atoms with E-state index < -0.39 is 0 Å². The summed E-state index contributed by atoms with van der Waals surface area (Å²) >= 11 is 1.94. The van der Waals surface area contributed by atoms with Crippen molar-refractivity contribution in [3.63, 3.8) is 0 Å². The minimum absolute atomic E-state index is 0.486. The number of nitrogens with one attached hydrogen (secondary N) is 1. The maximum atomic E-state index is 4.92. The SMILES string of the molecule is CCCNCc1sc(C2CC2(C)C)nc1C(C)C. The summed E-state index contributed by atoms with van der Waals surface area (Å²) in [5, 5.41) is 4.88. The summed E-state index contributed by atoms with van der Waals surface area (Å²) in [6, 6.07) is 0. The number of rotatable bonds is 6. The molecule has 1 saturated carbocycles. The second-order valence-electron chi connectivity index (χ2n) is 6.44. The van der Waals surface area contributed by atoms with Crippen LogP contribution in [0, 0.1) is 5.41 Å². The Hall–Kier alpha value is -0.410. The van der Waals surface area contributed by atoms with Gasteiger partial charge in [-0.1, -0.05) is 34.6 Å². The second kappa shape index (κ2) is 5.30. The standard InChI is InChI=1S/C15H26N2S/c1-6-7-16-9-12-13(10(2)3)17-14(18-12)11-8-15(11,4)5/h10-11,16H,6-9H2,1-5H3. The topological polar surface area (TPSA) is 24.9 Å². The summed E-state index contributed by atoms with van der Waals surface area (Å²) in [4.78, 5) is 6.38. The maximum Gasteiger partial charge on any atom is 0.0968 e. The van der Waals surface area contributed by atoms with E-state index in [1.165, 1.54) is 28.4 Å². The van der Waals surface area contributed by atoms with Crippen molar-refractivity contribution in [2.24, 2.45) is 5.41 Å². The van der Waals surface area contributed by atoms with Gasteiger partial charge in [0.25, 0.3) is 0 Å². The zero-order valence-corrected chi connectivity index (χ0v) is 13.2. The highest BCUT2D eigenvalue weighted by atomic mass is 32.1. The van der Waals surface area contributed by atoms with E-state index >= 15 is 0 Å². The fourth-order valence-electron chi connectivity index (χ4n) is 2.38. The molecule has 2 nitrogen and oxygen atoms in total. The highest BCUT2D eigenvalue weighted by Crippen LogP contribution is 2.59. The van der Waals surface area contributed by atoms with Crippen LogP contribution >= 0.6 is 11.3 Å². The molecule has 1 unspecified atom stereocenters. The quantitative estimate of drug-likeness (QED) is 0.777. The average molecular weight is 266 g/mol. The van der Waals surface area contributed by atoms with E-state index in [1.807, 2.05) is 11.3 Å². The van der Waals surface area contributed by atoms with Crippen molar-refractivity contribution in [3.05, 3.63) is 15.6 Å². The van der Waals surface area contributed by atoms with Gasteiger partial charge in [0.05, 0.1) is 10.7 Å². The minimum atomic E-state index is 0.486. The Morgan fingerprint density at radius 1 is 1.44 bits per heavy atom. The van der Waals surface area contributed by atoms with Crippen LogP contribution in [-0.4, -0.2) is 11.5 Å². The molecule has 0 amide bonds. The van der Waals surface area contributed by atoms with Gasteiger partial charge in [-0.25, -0.2) is 4.98 Å². The van der Waals surface area contributed by atoms with Gasteiger partial charge >= 0.3 is 0 Å². The van der Waals surface area contributed by atoms with E-state index in [2.05, 4.69) is 39.9 Å². The molecule has 1 atom stereocenters. The number of nitrogens with zero attached hydrogens (tertiary/aromatic N) is 1. The van der Waals surface area contributed by atoms with Crippen molar-refractivity contribution in [2.75, 3.05) is 6.54 Å². The lowest BCUT2D eigenvalue weighted by atomic mass is 10.1. The maximum absolute atomic E-state index is 4.92. The molecule has 18 heavy (non-hydrogen) atoms. The van der Waals surface area contributed by atoms with E-state index in [0.717, 1.165) is 13.1 Å². The highest BCUT2D eigenvalue weighted by molar-refractivity contribution is 7.11. The van der Waals surface area contributed by atoms with Gasteiger partial charge in [0, 0.05) is 17.3 Å². The van der Waals surface area contributed by atoms with Crippen LogP contribution < -0.4 is 5.32 Å². The minimum Gasteiger partial charge on any atom is -0.312 e. The van der Waals surface area contributed by atoms with E-state index in [1.54, 1.807) is 0 Å². The molecule has 1 aliphatic rings. The van der Waals surface area contributed by atoms with Crippen LogP contribution in [0.2, 0.25) is 0 Å². The summed E-state index contributed by atoms with van der Waals surface area (Å²) in [7, 11) is 0. The lowest BCUT2D eigenvalue weighted by Gasteiger charge is -2.05. The van der Waals surface area contributed by atoms with Crippen molar-refractivity contribution in [2.45, 2.75) is 65.8 Å². The van der Waals surface area contributed by atoms with Crippen LogP contribution in [0.25, 0.3) is 0 Å². The van der Waals surface area contributed by atoms with Gasteiger partial charge in [0.1, 0.15) is 0 Å². The summed E-state index contributed by atoms with van der Waals surface area (Å²) < 4.78 is 0. The molecule has 0 bridgehead atoms. The molecule has 1 N–H and O–H groups in total. The fraction of sp³-hybridized carbons (Fsp3) is 0.800. The van der Waals surface area contributed by atoms with Crippen LogP contribution in [0.3, 0.4) is 0 Å². The lowest BCUT2D eigenvalue weighted by molar-refractivity contribution is 0.618. The van der Waals surface area contributed by atoms with Crippen LogP contribution in [0.4, 0.5) is 0 Å². The van der Waals surface area contributed by atoms with Crippen LogP contribution in [0.1, 0.15) is 74.9 Å². The third-order valence-electron chi connectivity index (χ3n) is 3.81. The van der Waals surface area contributed by atoms with E-state index in [-0.39, 0.29) is 0 Å². The van der Waals surface area contributed by atoms with Gasteiger partial charge in [-0.2, -0.15) is 0 Å². The van der Waals surface area contributed by atoms with Crippen molar-refractivity contribution >= 4 is 11.3 Å². The van der Waals surface area contributed by atoms with Crippen molar-refractivity contribution in [3.8, 4) is 0 Å². The lowest BCUT2D eigenvalue weighted by Crippen LogP contribution is -2.14. The summed E-state index contributed by atoms with van der Waals surface area (Å²) in [5.41, 5.74) is 1.81. The van der Waals surface area contributed by atoms with Crippen LogP contribution in [-0.2, 0) is 6.54 Å². The monoisotopic (exact) mass is 266 g/mol. The van der Waals surface area contributed by atoms with Gasteiger partial charge in [-0.05, 0) is 30.7 Å². The highest BCUT2D eigenvalue weighted by Gasteiger charge is 2.48. The number of hydrogen-bond acceptors (Lipinski definition) is 3. The van der Waals surface area contributed by atoms with E-state index in [4.69, 9.17) is 4.98 Å². The first kappa shape index (κ1) is 14.0. The molecule has 0 saturated heterocycles. The van der Waals surface area contributed by atoms with Gasteiger partial charge in [-0.3, -0.25) is 0 Å². The average Bonchev–Trinajstić information content (AvgIpc) is 2.75. The molecular weight excluding hydrogens is 240 g/mol. The van der Waals surface area contributed by atoms with Gasteiger partial charge < -0.3 is 5.32 Å². The first-order valence-corrected chi connectivity index (χ1v) is 7.97. The summed E-state index contributed by atoms with van der Waals surface area (Å²) in [6.07, 6.45) is 2.50. The van der Waals surface area contributed by atoms with Crippen molar-refractivity contribution in [1.82, 2.24) is 10.3 Å². The third kappa shape index (κ3) is 2.94. The molecule has 1 aliphatic carbocycles. The molecule has 0 aliphatic heterocycles. The van der Waals surface area contributed by atoms with Crippen molar-refractivity contribution < 1.29 is 0 Å². The van der Waals surface area contributed by atoms with E-state index in [0.29, 0.717) is 17.3 Å². The smallest absolute Gasteiger partial charge is 0.0968 e. The first-order chi connectivity index (χ1) is 8.45. The third-order valence-corrected chi connectivity index (χ3v) is 5.00. The number of aromatic nitrogens is 1. The van der Waals surface area contributed by atoms with E-state index in [9.17, 15) is 0 Å². The molecule has 1 heterocycles. The normalized spacial score (nSPS) is 21.6. The zero-order chi connectivity index (χ0) is 13.3. The number of thiazole rings is 1. The summed E-state index contributed by atoms with van der Waals surface area (Å²) in [6.45, 7) is 13.5. The molecular formula is C15H26N2S. The molecule has 1 aromatic rings. The Balaban J connectivity index is 2.12. The second-order valence-corrected chi connectivity index (χ2v) is 7.55.